The molecule has 0 aromatic heterocycles. The summed E-state index contributed by atoms with van der Waals surface area (Å²) in [6.07, 6.45) is 1.81. The number of rotatable bonds is 4. The van der Waals surface area contributed by atoms with Crippen molar-refractivity contribution < 1.29 is 17.9 Å². The maximum atomic E-state index is 13.7. The van der Waals surface area contributed by atoms with Crippen LogP contribution in [-0.2, 0) is 16.6 Å². The predicted octanol–water partition coefficient (Wildman–Crippen LogP) is 1.80. The quantitative estimate of drug-likeness (QED) is 0.888. The van der Waals surface area contributed by atoms with Crippen LogP contribution in [-0.4, -0.2) is 31.1 Å². The second-order valence-corrected chi connectivity index (χ2v) is 7.77. The van der Waals surface area contributed by atoms with E-state index in [1.165, 1.54) is 19.1 Å². The Morgan fingerprint density at radius 1 is 1.50 bits per heavy atom. The zero-order valence-corrected chi connectivity index (χ0v) is 12.9. The highest BCUT2D eigenvalue weighted by atomic mass is 32.2. The maximum Gasteiger partial charge on any atom is 0.240 e. The summed E-state index contributed by atoms with van der Waals surface area (Å²) < 4.78 is 40.9. The Balaban J connectivity index is 2.26. The number of aliphatic hydroxyl groups excluding tert-OH is 1. The highest BCUT2D eigenvalue weighted by molar-refractivity contribution is 7.99. The van der Waals surface area contributed by atoms with Crippen molar-refractivity contribution in [1.82, 2.24) is 4.72 Å². The van der Waals surface area contributed by atoms with Crippen molar-refractivity contribution in [2.24, 2.45) is 0 Å². The highest BCUT2D eigenvalue weighted by Crippen LogP contribution is 2.22. The standard InChI is InChI=1S/C13H18FNO3S2/c1-9-5-12(6-10(7-16)13(9)14)20(17,18)15-11-3-2-4-19-8-11/h5-6,11,15-16H,2-4,7-8H2,1H3. The fourth-order valence-electron chi connectivity index (χ4n) is 2.20. The zero-order chi connectivity index (χ0) is 14.8. The van der Waals surface area contributed by atoms with E-state index in [2.05, 4.69) is 4.72 Å². The zero-order valence-electron chi connectivity index (χ0n) is 11.2. The Labute approximate surface area is 122 Å². The molecule has 1 saturated heterocycles. The lowest BCUT2D eigenvalue weighted by Gasteiger charge is -2.22. The second kappa shape index (κ2) is 6.43. The first-order valence-electron chi connectivity index (χ1n) is 6.44. The number of hydrogen-bond donors (Lipinski definition) is 2. The summed E-state index contributed by atoms with van der Waals surface area (Å²) in [4.78, 5) is 0.0102. The summed E-state index contributed by atoms with van der Waals surface area (Å²) >= 11 is 1.73. The van der Waals surface area contributed by atoms with Crippen molar-refractivity contribution in [3.63, 3.8) is 0 Å². The Bertz CT molecular complexity index is 584. The minimum atomic E-state index is -3.67. The number of thioether (sulfide) groups is 1. The molecule has 0 saturated carbocycles. The number of aliphatic hydroxyl groups is 1. The van der Waals surface area contributed by atoms with E-state index in [1.807, 2.05) is 0 Å². The van der Waals surface area contributed by atoms with Gasteiger partial charge in [0.15, 0.2) is 0 Å². The van der Waals surface area contributed by atoms with Crippen molar-refractivity contribution in [3.05, 3.63) is 29.1 Å². The summed E-state index contributed by atoms with van der Waals surface area (Å²) in [7, 11) is -3.67. The van der Waals surface area contributed by atoms with Gasteiger partial charge in [-0.25, -0.2) is 17.5 Å². The van der Waals surface area contributed by atoms with Crippen LogP contribution in [0.2, 0.25) is 0 Å². The van der Waals surface area contributed by atoms with Crippen LogP contribution in [0.25, 0.3) is 0 Å². The van der Waals surface area contributed by atoms with Gasteiger partial charge in [-0.1, -0.05) is 0 Å². The normalized spacial score (nSPS) is 20.1. The summed E-state index contributed by atoms with van der Waals surface area (Å²) in [5, 5.41) is 9.10. The van der Waals surface area contributed by atoms with E-state index < -0.39 is 22.4 Å². The largest absolute Gasteiger partial charge is 0.392 e. The molecule has 7 heteroatoms. The van der Waals surface area contributed by atoms with Crippen LogP contribution in [0.4, 0.5) is 4.39 Å². The minimum Gasteiger partial charge on any atom is -0.392 e. The van der Waals surface area contributed by atoms with Crippen molar-refractivity contribution in [2.45, 2.75) is 37.3 Å². The molecule has 0 amide bonds. The number of aryl methyl sites for hydroxylation is 1. The molecule has 0 radical (unpaired) electrons. The number of sulfonamides is 1. The van der Waals surface area contributed by atoms with Crippen LogP contribution in [0, 0.1) is 12.7 Å². The molecule has 112 valence electrons. The van der Waals surface area contributed by atoms with E-state index in [1.54, 1.807) is 11.8 Å². The van der Waals surface area contributed by atoms with Crippen LogP contribution in [0.5, 0.6) is 0 Å². The monoisotopic (exact) mass is 319 g/mol. The van der Waals surface area contributed by atoms with E-state index in [4.69, 9.17) is 5.11 Å². The first-order valence-corrected chi connectivity index (χ1v) is 9.08. The fraction of sp³-hybridized carbons (Fsp3) is 0.538. The number of halogens is 1. The summed E-state index contributed by atoms with van der Waals surface area (Å²) in [5.41, 5.74) is 0.221. The van der Waals surface area contributed by atoms with E-state index in [9.17, 15) is 12.8 Å². The Morgan fingerprint density at radius 3 is 2.85 bits per heavy atom. The van der Waals surface area contributed by atoms with Gasteiger partial charge in [0, 0.05) is 17.4 Å². The van der Waals surface area contributed by atoms with E-state index in [0.29, 0.717) is 0 Å². The van der Waals surface area contributed by atoms with E-state index in [0.717, 1.165) is 24.3 Å². The van der Waals surface area contributed by atoms with Gasteiger partial charge in [-0.15, -0.1) is 0 Å². The van der Waals surface area contributed by atoms with Crippen molar-refractivity contribution >= 4 is 21.8 Å². The van der Waals surface area contributed by atoms with Crippen LogP contribution < -0.4 is 4.72 Å². The van der Waals surface area contributed by atoms with Crippen molar-refractivity contribution in [3.8, 4) is 0 Å². The Kier molecular flexibility index (Phi) is 5.06. The van der Waals surface area contributed by atoms with Crippen LogP contribution >= 0.6 is 11.8 Å². The van der Waals surface area contributed by atoms with Gasteiger partial charge < -0.3 is 5.11 Å². The summed E-state index contributed by atoms with van der Waals surface area (Å²) in [5.74, 6) is 1.26. The fourth-order valence-corrected chi connectivity index (χ4v) is 4.78. The van der Waals surface area contributed by atoms with Gasteiger partial charge in [0.05, 0.1) is 11.5 Å². The molecule has 1 unspecified atom stereocenters. The molecule has 1 aromatic rings. The molecular formula is C13H18FNO3S2. The second-order valence-electron chi connectivity index (χ2n) is 4.91. The lowest BCUT2D eigenvalue weighted by atomic mass is 10.1. The van der Waals surface area contributed by atoms with Crippen LogP contribution in [0.3, 0.4) is 0 Å². The van der Waals surface area contributed by atoms with Gasteiger partial charge >= 0.3 is 0 Å². The van der Waals surface area contributed by atoms with E-state index in [-0.39, 0.29) is 22.1 Å². The molecule has 1 aliphatic rings. The van der Waals surface area contributed by atoms with Crippen LogP contribution in [0.15, 0.2) is 17.0 Å². The number of hydrogen-bond acceptors (Lipinski definition) is 4. The summed E-state index contributed by atoms with van der Waals surface area (Å²) in [6.45, 7) is 0.972. The molecule has 20 heavy (non-hydrogen) atoms. The third kappa shape index (κ3) is 3.52. The molecule has 1 fully saturated rings. The smallest absolute Gasteiger partial charge is 0.240 e. The number of benzene rings is 1. The molecule has 2 N–H and O–H groups in total. The van der Waals surface area contributed by atoms with Gasteiger partial charge in [0.1, 0.15) is 5.82 Å². The highest BCUT2D eigenvalue weighted by Gasteiger charge is 2.23. The number of nitrogens with one attached hydrogen (secondary N) is 1. The average Bonchev–Trinajstić information content (AvgIpc) is 2.42. The predicted molar refractivity (Wildman–Crippen MR) is 77.7 cm³/mol. The molecule has 0 bridgehead atoms. The molecule has 2 rings (SSSR count). The molecule has 1 heterocycles. The topological polar surface area (TPSA) is 66.4 Å². The molecule has 4 nitrogen and oxygen atoms in total. The molecule has 1 atom stereocenters. The Morgan fingerprint density at radius 2 is 2.25 bits per heavy atom. The van der Waals surface area contributed by atoms with E-state index >= 15 is 0 Å². The lowest BCUT2D eigenvalue weighted by Crippen LogP contribution is -2.38. The Hall–Kier alpha value is -0.630. The lowest BCUT2D eigenvalue weighted by molar-refractivity contribution is 0.275. The SMILES string of the molecule is Cc1cc(S(=O)(=O)NC2CCCSC2)cc(CO)c1F. The maximum absolute atomic E-state index is 13.7. The molecule has 0 spiro atoms. The molecular weight excluding hydrogens is 301 g/mol. The van der Waals surface area contributed by atoms with Crippen molar-refractivity contribution in [1.29, 1.82) is 0 Å². The van der Waals surface area contributed by atoms with Gasteiger partial charge in [-0.3, -0.25) is 0 Å². The van der Waals surface area contributed by atoms with Crippen molar-refractivity contribution in [2.75, 3.05) is 11.5 Å². The van der Waals surface area contributed by atoms with Gasteiger partial charge in [0.25, 0.3) is 0 Å². The average molecular weight is 319 g/mol. The minimum absolute atomic E-state index is 0.00314. The molecule has 0 aliphatic carbocycles. The van der Waals surface area contributed by atoms with Gasteiger partial charge in [-0.05, 0) is 43.2 Å². The third-order valence-electron chi connectivity index (χ3n) is 3.27. The van der Waals surface area contributed by atoms with Gasteiger partial charge in [-0.2, -0.15) is 11.8 Å². The van der Waals surface area contributed by atoms with Gasteiger partial charge in [0.2, 0.25) is 10.0 Å². The first-order chi connectivity index (χ1) is 9.44. The molecule has 1 aliphatic heterocycles. The summed E-state index contributed by atoms with van der Waals surface area (Å²) in [6, 6.07) is 2.41. The molecule has 1 aromatic carbocycles. The third-order valence-corrected chi connectivity index (χ3v) is 5.98. The van der Waals surface area contributed by atoms with Crippen LogP contribution in [0.1, 0.15) is 24.0 Å². The first kappa shape index (κ1) is 15.8.